The fourth-order valence-corrected chi connectivity index (χ4v) is 6.89. The van der Waals surface area contributed by atoms with Gasteiger partial charge >= 0.3 is 0 Å². The number of aliphatic imine (C=N–C) groups is 2. The molecule has 0 bridgehead atoms. The zero-order chi connectivity index (χ0) is 30.8. The van der Waals surface area contributed by atoms with Gasteiger partial charge in [0.25, 0.3) is 0 Å². The van der Waals surface area contributed by atoms with E-state index in [1.165, 1.54) is 12.1 Å². The van der Waals surface area contributed by atoms with Crippen molar-refractivity contribution in [3.05, 3.63) is 120 Å². The lowest BCUT2D eigenvalue weighted by molar-refractivity contribution is 0.174. The van der Waals surface area contributed by atoms with Crippen molar-refractivity contribution in [2.24, 2.45) is 9.98 Å². The molecular weight excluding hydrogens is 581 g/mol. The van der Waals surface area contributed by atoms with Gasteiger partial charge in [0, 0.05) is 37.4 Å². The van der Waals surface area contributed by atoms with E-state index >= 15 is 0 Å². The van der Waals surface area contributed by atoms with Gasteiger partial charge < -0.3 is 24.2 Å². The van der Waals surface area contributed by atoms with Crippen molar-refractivity contribution in [1.82, 2.24) is 14.7 Å². The van der Waals surface area contributed by atoms with Crippen LogP contribution in [0.5, 0.6) is 11.5 Å². The molecule has 0 N–H and O–H groups in total. The molecule has 228 valence electrons. The van der Waals surface area contributed by atoms with Crippen molar-refractivity contribution in [2.75, 3.05) is 42.8 Å². The second-order valence-electron chi connectivity index (χ2n) is 11.8. The molecule has 1 aromatic heterocycles. The molecule has 0 radical (unpaired) electrons. The number of anilines is 2. The van der Waals surface area contributed by atoms with Crippen molar-refractivity contribution in [1.29, 1.82) is 0 Å². The third-order valence-electron chi connectivity index (χ3n) is 9.10. The zero-order valence-electron chi connectivity index (χ0n) is 25.2. The molecule has 0 spiro atoms. The molecule has 46 heavy (non-hydrogen) atoms. The highest BCUT2D eigenvalue weighted by Crippen LogP contribution is 2.49. The summed E-state index contributed by atoms with van der Waals surface area (Å²) in [6, 6.07) is 31.0. The molecule has 5 heterocycles. The molecule has 1 atom stereocenters. The number of ether oxygens (including phenoxy) is 2. The molecular formula is C36H30FN7O2. The third kappa shape index (κ3) is 4.24. The Hall–Kier alpha value is -5.64. The Morgan fingerprint density at radius 3 is 2.28 bits per heavy atom. The van der Waals surface area contributed by atoms with Crippen LogP contribution in [-0.2, 0) is 0 Å². The van der Waals surface area contributed by atoms with Crippen molar-refractivity contribution in [2.45, 2.75) is 13.0 Å². The molecule has 4 aliphatic rings. The first-order chi connectivity index (χ1) is 22.6. The van der Waals surface area contributed by atoms with Crippen LogP contribution in [0.2, 0.25) is 0 Å². The van der Waals surface area contributed by atoms with Gasteiger partial charge in [-0.1, -0.05) is 36.4 Å². The number of amidine groups is 2. The van der Waals surface area contributed by atoms with Crippen LogP contribution in [0.3, 0.4) is 0 Å². The second kappa shape index (κ2) is 10.5. The van der Waals surface area contributed by atoms with Crippen LogP contribution in [0.15, 0.2) is 107 Å². The number of hydrogen-bond donors (Lipinski definition) is 0. The number of nitrogens with zero attached hydrogens (tertiary/aromatic N) is 7. The summed E-state index contributed by atoms with van der Waals surface area (Å²) in [6.07, 6.45) is 0. The van der Waals surface area contributed by atoms with Crippen LogP contribution in [0, 0.1) is 12.7 Å². The van der Waals surface area contributed by atoms with Gasteiger partial charge in [-0.3, -0.25) is 0 Å². The van der Waals surface area contributed by atoms with Crippen molar-refractivity contribution in [3.63, 3.8) is 0 Å². The summed E-state index contributed by atoms with van der Waals surface area (Å²) >= 11 is 0. The number of halogens is 1. The quantitative estimate of drug-likeness (QED) is 0.230. The lowest BCUT2D eigenvalue weighted by atomic mass is 9.93. The van der Waals surface area contributed by atoms with Gasteiger partial charge in [0.1, 0.15) is 5.82 Å². The molecule has 10 heteroatoms. The van der Waals surface area contributed by atoms with Crippen LogP contribution in [0.1, 0.15) is 22.9 Å². The molecule has 9 nitrogen and oxygen atoms in total. The van der Waals surface area contributed by atoms with Crippen LogP contribution in [0.25, 0.3) is 5.69 Å². The fourth-order valence-electron chi connectivity index (χ4n) is 6.89. The summed E-state index contributed by atoms with van der Waals surface area (Å²) in [5, 5.41) is 5.05. The third-order valence-corrected chi connectivity index (χ3v) is 9.10. The Morgan fingerprint density at radius 2 is 1.46 bits per heavy atom. The first-order valence-corrected chi connectivity index (χ1v) is 15.5. The first-order valence-electron chi connectivity index (χ1n) is 15.5. The van der Waals surface area contributed by atoms with E-state index in [1.807, 2.05) is 53.2 Å². The summed E-state index contributed by atoms with van der Waals surface area (Å²) < 4.78 is 27.1. The molecule has 4 aromatic carbocycles. The Kier molecular flexibility index (Phi) is 6.09. The normalized spacial score (nSPS) is 18.0. The minimum Gasteiger partial charge on any atom is -0.454 e. The predicted octanol–water partition coefficient (Wildman–Crippen LogP) is 6.55. The number of hydrogen-bond acceptors (Lipinski definition) is 8. The molecule has 5 aromatic rings. The minimum atomic E-state index is -0.249. The molecule has 0 saturated carbocycles. The Balaban J connectivity index is 1.20. The zero-order valence-corrected chi connectivity index (χ0v) is 25.2. The molecule has 1 fully saturated rings. The monoisotopic (exact) mass is 611 g/mol. The van der Waals surface area contributed by atoms with E-state index < -0.39 is 0 Å². The van der Waals surface area contributed by atoms with E-state index in [0.29, 0.717) is 0 Å². The van der Waals surface area contributed by atoms with E-state index in [4.69, 9.17) is 24.6 Å². The lowest BCUT2D eigenvalue weighted by Gasteiger charge is -2.44. The highest BCUT2D eigenvalue weighted by molar-refractivity contribution is 6.48. The molecule has 4 aliphatic heterocycles. The van der Waals surface area contributed by atoms with Gasteiger partial charge in [0.2, 0.25) is 6.79 Å². The Morgan fingerprint density at radius 1 is 0.717 bits per heavy atom. The van der Waals surface area contributed by atoms with Crippen LogP contribution < -0.4 is 19.3 Å². The number of aromatic nitrogens is 2. The number of piperazine rings is 1. The van der Waals surface area contributed by atoms with E-state index in [1.54, 1.807) is 0 Å². The number of aryl methyl sites for hydroxylation is 1. The highest BCUT2D eigenvalue weighted by Gasteiger charge is 2.43. The van der Waals surface area contributed by atoms with E-state index in [2.05, 4.69) is 58.0 Å². The molecule has 1 saturated heterocycles. The van der Waals surface area contributed by atoms with E-state index in [9.17, 15) is 4.39 Å². The number of para-hydroxylation sites is 3. The number of benzene rings is 4. The fraction of sp³-hybridized carbons (Fsp3) is 0.194. The average Bonchev–Trinajstić information content (AvgIpc) is 3.71. The van der Waals surface area contributed by atoms with Gasteiger partial charge in [0.05, 0.1) is 28.8 Å². The van der Waals surface area contributed by atoms with Crippen LogP contribution >= 0.6 is 0 Å². The number of rotatable bonds is 3. The summed E-state index contributed by atoms with van der Waals surface area (Å²) in [7, 11) is 0. The van der Waals surface area contributed by atoms with E-state index in [-0.39, 0.29) is 18.7 Å². The summed E-state index contributed by atoms with van der Waals surface area (Å²) in [5.74, 6) is 3.63. The maximum Gasteiger partial charge on any atom is 0.231 e. The second-order valence-corrected chi connectivity index (χ2v) is 11.8. The van der Waals surface area contributed by atoms with Gasteiger partial charge in [0.15, 0.2) is 29.0 Å². The van der Waals surface area contributed by atoms with Gasteiger partial charge in [-0.15, -0.1) is 0 Å². The highest BCUT2D eigenvalue weighted by atomic mass is 19.1. The Bertz CT molecular complexity index is 2030. The lowest BCUT2D eigenvalue weighted by Crippen LogP contribution is -2.55. The average molecular weight is 612 g/mol. The predicted molar refractivity (Wildman–Crippen MR) is 176 cm³/mol. The summed E-state index contributed by atoms with van der Waals surface area (Å²) in [4.78, 5) is 17.6. The SMILES string of the molecule is Cc1nn(-c2ccccc2)c2c1C(c1ccc3c(c1)OCO3)N1C(=N2)C(N2CCN(c3ccc(F)cc3)CC2)=Nc2ccccc21. The minimum absolute atomic E-state index is 0.208. The van der Waals surface area contributed by atoms with Crippen molar-refractivity contribution in [3.8, 4) is 17.2 Å². The summed E-state index contributed by atoms with van der Waals surface area (Å²) in [6.45, 7) is 5.29. The summed E-state index contributed by atoms with van der Waals surface area (Å²) in [5.41, 5.74) is 6.81. The van der Waals surface area contributed by atoms with Gasteiger partial charge in [-0.2, -0.15) is 5.10 Å². The van der Waals surface area contributed by atoms with Gasteiger partial charge in [-0.25, -0.2) is 19.1 Å². The Labute approximate surface area is 265 Å². The van der Waals surface area contributed by atoms with Crippen LogP contribution in [-0.4, -0.2) is 59.3 Å². The van der Waals surface area contributed by atoms with Crippen molar-refractivity contribution >= 4 is 34.6 Å². The topological polar surface area (TPSA) is 70.7 Å². The molecule has 0 amide bonds. The van der Waals surface area contributed by atoms with Crippen molar-refractivity contribution < 1.29 is 13.9 Å². The molecule has 0 aliphatic carbocycles. The molecule has 1 unspecified atom stereocenters. The van der Waals surface area contributed by atoms with Crippen LogP contribution in [0.4, 0.5) is 27.3 Å². The van der Waals surface area contributed by atoms with E-state index in [0.717, 1.165) is 94.7 Å². The maximum absolute atomic E-state index is 13.6. The number of fused-ring (bicyclic) bond motifs is 5. The maximum atomic E-state index is 13.6. The largest absolute Gasteiger partial charge is 0.454 e. The standard InChI is InChI=1S/C36H30FN7O2/c1-23-32-33(24-11-16-30-31(21-24)46-22-45-30)43-29-10-6-5-9-28(29)38-35(36(43)39-34(32)44(40-23)27-7-3-2-4-8-27)42-19-17-41(18-20-42)26-14-12-25(37)13-15-26/h2-16,21,33H,17-20,22H2,1H3. The smallest absolute Gasteiger partial charge is 0.231 e. The molecule has 9 rings (SSSR count). The van der Waals surface area contributed by atoms with Gasteiger partial charge in [-0.05, 0) is 73.2 Å². The first kappa shape index (κ1) is 26.7.